The van der Waals surface area contributed by atoms with Crippen molar-refractivity contribution in [3.63, 3.8) is 0 Å². The minimum absolute atomic E-state index is 0.0509. The fourth-order valence-corrected chi connectivity index (χ4v) is 3.84. The van der Waals surface area contributed by atoms with Crippen LogP contribution in [0, 0.1) is 11.7 Å². The first-order chi connectivity index (χ1) is 14.0. The maximum atomic E-state index is 13.0. The summed E-state index contributed by atoms with van der Waals surface area (Å²) in [5.41, 5.74) is 0.831. The Morgan fingerprint density at radius 1 is 1.03 bits per heavy atom. The van der Waals surface area contributed by atoms with Crippen LogP contribution in [0.5, 0.6) is 0 Å². The molecular weight excluding hydrogens is 377 g/mol. The van der Waals surface area contributed by atoms with Crippen LogP contribution in [0.2, 0.25) is 0 Å². The van der Waals surface area contributed by atoms with E-state index >= 15 is 0 Å². The number of furan rings is 1. The molecule has 2 aromatic rings. The number of hydrogen-bond donors (Lipinski definition) is 0. The zero-order valence-corrected chi connectivity index (χ0v) is 15.9. The molecule has 8 heteroatoms. The highest BCUT2D eigenvalue weighted by atomic mass is 19.1. The van der Waals surface area contributed by atoms with Gasteiger partial charge in [-0.3, -0.25) is 14.4 Å². The monoisotopic (exact) mass is 399 g/mol. The number of likely N-dealkylation sites (tertiary alicyclic amines) is 1. The third-order valence-electron chi connectivity index (χ3n) is 5.46. The van der Waals surface area contributed by atoms with Crippen LogP contribution in [0.25, 0.3) is 0 Å². The van der Waals surface area contributed by atoms with Gasteiger partial charge in [0.1, 0.15) is 5.82 Å². The van der Waals surface area contributed by atoms with Gasteiger partial charge in [0.25, 0.3) is 5.91 Å². The fraction of sp³-hybridized carbons (Fsp3) is 0.381. The molecular formula is C21H22FN3O4. The van der Waals surface area contributed by atoms with Gasteiger partial charge in [-0.15, -0.1) is 0 Å². The summed E-state index contributed by atoms with van der Waals surface area (Å²) in [6.45, 7) is 2.48. The molecule has 0 spiro atoms. The van der Waals surface area contributed by atoms with Gasteiger partial charge in [-0.2, -0.15) is 0 Å². The molecule has 4 rings (SSSR count). The van der Waals surface area contributed by atoms with Gasteiger partial charge in [0.15, 0.2) is 5.76 Å². The Balaban J connectivity index is 1.30. The Hall–Kier alpha value is -3.16. The summed E-state index contributed by atoms with van der Waals surface area (Å²) in [5, 5.41) is 0. The second-order valence-corrected chi connectivity index (χ2v) is 7.40. The Morgan fingerprint density at radius 2 is 1.72 bits per heavy atom. The molecule has 0 bridgehead atoms. The van der Waals surface area contributed by atoms with E-state index in [1.54, 1.807) is 39.0 Å². The van der Waals surface area contributed by atoms with Gasteiger partial charge >= 0.3 is 0 Å². The highest BCUT2D eigenvalue weighted by Gasteiger charge is 2.37. The molecule has 2 saturated heterocycles. The number of halogens is 1. The number of hydrogen-bond acceptors (Lipinski definition) is 4. The van der Waals surface area contributed by atoms with Gasteiger partial charge in [-0.05, 0) is 29.8 Å². The number of piperazine rings is 1. The molecule has 1 aromatic heterocycles. The predicted molar refractivity (Wildman–Crippen MR) is 101 cm³/mol. The Labute approximate surface area is 167 Å². The fourth-order valence-electron chi connectivity index (χ4n) is 3.84. The van der Waals surface area contributed by atoms with E-state index in [9.17, 15) is 18.8 Å². The second-order valence-electron chi connectivity index (χ2n) is 7.40. The van der Waals surface area contributed by atoms with Gasteiger partial charge in [0.2, 0.25) is 11.8 Å². The number of amides is 3. The molecule has 1 aromatic carbocycles. The van der Waals surface area contributed by atoms with E-state index < -0.39 is 0 Å². The van der Waals surface area contributed by atoms with Crippen molar-refractivity contribution in [2.24, 2.45) is 5.92 Å². The zero-order valence-electron chi connectivity index (χ0n) is 15.9. The summed E-state index contributed by atoms with van der Waals surface area (Å²) in [6.07, 6.45) is 1.65. The lowest BCUT2D eigenvalue weighted by molar-refractivity contribution is -0.137. The standard InChI is InChI=1S/C21H22FN3O4/c22-17-5-3-15(4-6-17)13-25-14-16(12-19(25)26)20(27)23-7-9-24(10-8-23)21(28)18-2-1-11-29-18/h1-6,11,16H,7-10,12-14H2. The van der Waals surface area contributed by atoms with E-state index in [-0.39, 0.29) is 35.9 Å². The molecule has 1 atom stereocenters. The van der Waals surface area contributed by atoms with Crippen LogP contribution >= 0.6 is 0 Å². The minimum Gasteiger partial charge on any atom is -0.459 e. The minimum atomic E-state index is -0.379. The first-order valence-electron chi connectivity index (χ1n) is 9.65. The highest BCUT2D eigenvalue weighted by molar-refractivity contribution is 5.92. The predicted octanol–water partition coefficient (Wildman–Crippen LogP) is 1.75. The van der Waals surface area contributed by atoms with Crippen molar-refractivity contribution in [3.05, 3.63) is 59.8 Å². The van der Waals surface area contributed by atoms with Crippen molar-refractivity contribution in [1.29, 1.82) is 0 Å². The van der Waals surface area contributed by atoms with Crippen LogP contribution in [0.1, 0.15) is 22.5 Å². The molecule has 2 aliphatic heterocycles. The molecule has 3 amide bonds. The van der Waals surface area contributed by atoms with Crippen molar-refractivity contribution in [2.45, 2.75) is 13.0 Å². The Kier molecular flexibility index (Phi) is 5.33. The maximum Gasteiger partial charge on any atom is 0.289 e. The summed E-state index contributed by atoms with van der Waals surface area (Å²) >= 11 is 0. The molecule has 152 valence electrons. The third-order valence-corrected chi connectivity index (χ3v) is 5.46. The summed E-state index contributed by atoms with van der Waals surface area (Å²) in [4.78, 5) is 42.6. The lowest BCUT2D eigenvalue weighted by atomic mass is 10.1. The average molecular weight is 399 g/mol. The molecule has 3 heterocycles. The molecule has 1 unspecified atom stereocenters. The quantitative estimate of drug-likeness (QED) is 0.785. The van der Waals surface area contributed by atoms with Gasteiger partial charge < -0.3 is 19.1 Å². The maximum absolute atomic E-state index is 13.0. The van der Waals surface area contributed by atoms with E-state index in [2.05, 4.69) is 0 Å². The smallest absolute Gasteiger partial charge is 0.289 e. The van der Waals surface area contributed by atoms with Crippen molar-refractivity contribution >= 4 is 17.7 Å². The van der Waals surface area contributed by atoms with Gasteiger partial charge in [-0.25, -0.2) is 4.39 Å². The lowest BCUT2D eigenvalue weighted by Crippen LogP contribution is -2.52. The second kappa shape index (κ2) is 8.06. The molecule has 0 N–H and O–H groups in total. The van der Waals surface area contributed by atoms with E-state index in [4.69, 9.17) is 4.42 Å². The summed E-state index contributed by atoms with van der Waals surface area (Å²) in [7, 11) is 0. The SMILES string of the molecule is O=C1CC(C(=O)N2CCN(C(=O)c3ccco3)CC2)CN1Cc1ccc(F)cc1. The van der Waals surface area contributed by atoms with Crippen LogP contribution in [-0.4, -0.2) is 65.1 Å². The van der Waals surface area contributed by atoms with Crippen LogP contribution < -0.4 is 0 Å². The van der Waals surface area contributed by atoms with E-state index in [0.29, 0.717) is 45.0 Å². The van der Waals surface area contributed by atoms with Crippen LogP contribution in [0.3, 0.4) is 0 Å². The molecule has 0 saturated carbocycles. The van der Waals surface area contributed by atoms with Crippen LogP contribution in [0.4, 0.5) is 4.39 Å². The number of carbonyl (C=O) groups excluding carboxylic acids is 3. The van der Waals surface area contributed by atoms with Crippen LogP contribution in [0.15, 0.2) is 47.1 Å². The summed E-state index contributed by atoms with van der Waals surface area (Å²) in [5.74, 6) is -0.704. The molecule has 29 heavy (non-hydrogen) atoms. The third kappa shape index (κ3) is 4.16. The normalized spacial score (nSPS) is 19.7. The highest BCUT2D eigenvalue weighted by Crippen LogP contribution is 2.23. The molecule has 7 nitrogen and oxygen atoms in total. The van der Waals surface area contributed by atoms with Crippen molar-refractivity contribution in [1.82, 2.24) is 14.7 Å². The first-order valence-corrected chi connectivity index (χ1v) is 9.65. The van der Waals surface area contributed by atoms with Gasteiger partial charge in [-0.1, -0.05) is 12.1 Å². The zero-order chi connectivity index (χ0) is 20.4. The van der Waals surface area contributed by atoms with E-state index in [1.165, 1.54) is 18.4 Å². The number of benzene rings is 1. The molecule has 0 radical (unpaired) electrons. The van der Waals surface area contributed by atoms with E-state index in [0.717, 1.165) is 5.56 Å². The first kappa shape index (κ1) is 19.2. The van der Waals surface area contributed by atoms with Gasteiger partial charge in [0, 0.05) is 45.7 Å². The largest absolute Gasteiger partial charge is 0.459 e. The summed E-state index contributed by atoms with van der Waals surface area (Å²) < 4.78 is 18.2. The lowest BCUT2D eigenvalue weighted by Gasteiger charge is -2.35. The van der Waals surface area contributed by atoms with E-state index in [1.807, 2.05) is 0 Å². The van der Waals surface area contributed by atoms with Crippen molar-refractivity contribution < 1.29 is 23.2 Å². The summed E-state index contributed by atoms with van der Waals surface area (Å²) in [6, 6.07) is 9.31. The molecule has 2 fully saturated rings. The van der Waals surface area contributed by atoms with Crippen molar-refractivity contribution in [2.75, 3.05) is 32.7 Å². The topological polar surface area (TPSA) is 74.1 Å². The van der Waals surface area contributed by atoms with Gasteiger partial charge in [0.05, 0.1) is 12.2 Å². The number of carbonyl (C=O) groups is 3. The van der Waals surface area contributed by atoms with Crippen molar-refractivity contribution in [3.8, 4) is 0 Å². The number of rotatable bonds is 4. The molecule has 0 aliphatic carbocycles. The molecule has 2 aliphatic rings. The number of nitrogens with zero attached hydrogens (tertiary/aromatic N) is 3. The Morgan fingerprint density at radius 3 is 2.38 bits per heavy atom. The van der Waals surface area contributed by atoms with Crippen LogP contribution in [-0.2, 0) is 16.1 Å². The Bertz CT molecular complexity index is 889. The average Bonchev–Trinajstić information content (AvgIpc) is 3.39.